The molecule has 0 saturated carbocycles. The van der Waals surface area contributed by atoms with Crippen molar-refractivity contribution in [2.45, 2.75) is 23.8 Å². The van der Waals surface area contributed by atoms with Gasteiger partial charge in [-0.25, -0.2) is 23.2 Å². The van der Waals surface area contributed by atoms with Crippen LogP contribution in [0.1, 0.15) is 12.8 Å². The molecular formula is C24H22N6O5S. The van der Waals surface area contributed by atoms with E-state index in [2.05, 4.69) is 24.7 Å². The number of piperidine rings is 1. The summed E-state index contributed by atoms with van der Waals surface area (Å²) >= 11 is 0. The smallest absolute Gasteiger partial charge is 0.407 e. The molecule has 184 valence electrons. The van der Waals surface area contributed by atoms with Gasteiger partial charge in [-0.15, -0.1) is 0 Å². The van der Waals surface area contributed by atoms with Crippen LogP contribution in [-0.2, 0) is 10.0 Å². The number of carbonyl (C=O) groups is 1. The van der Waals surface area contributed by atoms with Crippen LogP contribution in [0.2, 0.25) is 0 Å². The Hall–Kier alpha value is -4.32. The number of nitrogens with one attached hydrogen (secondary N) is 1. The fraction of sp³-hybridized carbons (Fsp3) is 0.208. The number of hydrogen-bond donors (Lipinski definition) is 2. The number of fused-ring (bicyclic) bond motifs is 1. The van der Waals surface area contributed by atoms with Gasteiger partial charge in [0.2, 0.25) is 5.88 Å². The minimum Gasteiger partial charge on any atom is -0.473 e. The van der Waals surface area contributed by atoms with Crippen LogP contribution in [0.5, 0.6) is 5.88 Å². The maximum atomic E-state index is 12.7. The van der Waals surface area contributed by atoms with E-state index in [1.54, 1.807) is 42.6 Å². The van der Waals surface area contributed by atoms with Gasteiger partial charge in [-0.1, -0.05) is 18.2 Å². The molecule has 11 nitrogen and oxygen atoms in total. The summed E-state index contributed by atoms with van der Waals surface area (Å²) in [5, 5.41) is 9.15. The van der Waals surface area contributed by atoms with Crippen molar-refractivity contribution in [3.05, 3.63) is 67.3 Å². The van der Waals surface area contributed by atoms with Crippen LogP contribution in [0.4, 0.5) is 10.5 Å². The number of benzene rings is 1. The Kier molecular flexibility index (Phi) is 6.34. The monoisotopic (exact) mass is 506 g/mol. The van der Waals surface area contributed by atoms with Gasteiger partial charge in [0.25, 0.3) is 10.0 Å². The molecule has 1 amide bonds. The first-order valence-electron chi connectivity index (χ1n) is 11.2. The molecule has 36 heavy (non-hydrogen) atoms. The summed E-state index contributed by atoms with van der Waals surface area (Å²) in [7, 11) is -3.77. The number of likely N-dealkylation sites (tertiary alicyclic amines) is 1. The van der Waals surface area contributed by atoms with Gasteiger partial charge in [-0.05, 0) is 30.3 Å². The molecule has 1 fully saturated rings. The Morgan fingerprint density at radius 2 is 1.83 bits per heavy atom. The Bertz CT molecular complexity index is 1510. The van der Waals surface area contributed by atoms with Crippen molar-refractivity contribution in [3.8, 4) is 17.1 Å². The summed E-state index contributed by atoms with van der Waals surface area (Å²) in [5.41, 5.74) is 2.46. The molecule has 0 spiro atoms. The zero-order chi connectivity index (χ0) is 25.1. The number of amides is 1. The average Bonchev–Trinajstić information content (AvgIpc) is 2.89. The van der Waals surface area contributed by atoms with Crippen molar-refractivity contribution < 1.29 is 23.1 Å². The summed E-state index contributed by atoms with van der Waals surface area (Å²) in [4.78, 5) is 30.0. The van der Waals surface area contributed by atoms with Crippen LogP contribution in [-0.4, -0.2) is 63.6 Å². The molecule has 1 aliphatic rings. The highest BCUT2D eigenvalue weighted by molar-refractivity contribution is 7.92. The van der Waals surface area contributed by atoms with Crippen molar-refractivity contribution in [1.82, 2.24) is 24.8 Å². The van der Waals surface area contributed by atoms with Crippen LogP contribution in [0.15, 0.2) is 72.1 Å². The molecule has 0 atom stereocenters. The Morgan fingerprint density at radius 3 is 2.58 bits per heavy atom. The average molecular weight is 507 g/mol. The second kappa shape index (κ2) is 9.74. The predicted molar refractivity (Wildman–Crippen MR) is 131 cm³/mol. The number of rotatable bonds is 6. The number of pyridine rings is 2. The summed E-state index contributed by atoms with van der Waals surface area (Å²) in [6.45, 7) is 0.776. The third-order valence-electron chi connectivity index (χ3n) is 5.78. The number of carboxylic acid groups (broad SMARTS) is 1. The molecule has 0 unspecified atom stereocenters. The molecule has 4 aromatic rings. The highest BCUT2D eigenvalue weighted by atomic mass is 32.2. The van der Waals surface area contributed by atoms with Crippen molar-refractivity contribution in [1.29, 1.82) is 0 Å². The van der Waals surface area contributed by atoms with E-state index in [0.717, 1.165) is 0 Å². The van der Waals surface area contributed by atoms with Crippen LogP contribution < -0.4 is 9.46 Å². The zero-order valence-corrected chi connectivity index (χ0v) is 19.8. The number of nitrogens with zero attached hydrogens (tertiary/aromatic N) is 5. The molecule has 1 aromatic carbocycles. The van der Waals surface area contributed by atoms with E-state index in [1.807, 2.05) is 0 Å². The lowest BCUT2D eigenvalue weighted by Gasteiger charge is -2.29. The molecule has 4 heterocycles. The molecule has 2 N–H and O–H groups in total. The third-order valence-corrected chi connectivity index (χ3v) is 7.18. The van der Waals surface area contributed by atoms with Crippen LogP contribution in [0.3, 0.4) is 0 Å². The molecule has 0 aliphatic carbocycles. The quantitative estimate of drug-likeness (QED) is 0.401. The lowest BCUT2D eigenvalue weighted by atomic mass is 10.1. The second-order valence-corrected chi connectivity index (χ2v) is 9.89. The van der Waals surface area contributed by atoms with Gasteiger partial charge in [0.15, 0.2) is 5.52 Å². The minimum absolute atomic E-state index is 0.146. The fourth-order valence-electron chi connectivity index (χ4n) is 3.94. The SMILES string of the molecule is O=C(O)N1CCC(Oc2ncnc3ccc(-c4cncc(NS(=O)(=O)c5ccccc5)c4)nc23)CC1. The fourth-order valence-corrected chi connectivity index (χ4v) is 4.99. The topological polar surface area (TPSA) is 148 Å². The normalized spacial score (nSPS) is 14.5. The number of hydrogen-bond acceptors (Lipinski definition) is 8. The minimum atomic E-state index is -3.77. The van der Waals surface area contributed by atoms with Gasteiger partial charge < -0.3 is 14.7 Å². The van der Waals surface area contributed by atoms with E-state index in [9.17, 15) is 13.2 Å². The predicted octanol–water partition coefficient (Wildman–Crippen LogP) is 3.41. The highest BCUT2D eigenvalue weighted by Crippen LogP contribution is 2.28. The lowest BCUT2D eigenvalue weighted by Crippen LogP contribution is -2.41. The first-order valence-corrected chi connectivity index (χ1v) is 12.7. The number of anilines is 1. The van der Waals surface area contributed by atoms with E-state index in [4.69, 9.17) is 9.84 Å². The van der Waals surface area contributed by atoms with Crippen molar-refractivity contribution in [2.24, 2.45) is 0 Å². The molecule has 1 aliphatic heterocycles. The van der Waals surface area contributed by atoms with Gasteiger partial charge >= 0.3 is 6.09 Å². The molecule has 3 aromatic heterocycles. The van der Waals surface area contributed by atoms with Crippen molar-refractivity contribution in [3.63, 3.8) is 0 Å². The van der Waals surface area contributed by atoms with E-state index in [-0.39, 0.29) is 11.0 Å². The van der Waals surface area contributed by atoms with Crippen molar-refractivity contribution in [2.75, 3.05) is 17.8 Å². The second-order valence-electron chi connectivity index (χ2n) is 8.21. The van der Waals surface area contributed by atoms with Gasteiger partial charge in [0, 0.05) is 37.7 Å². The van der Waals surface area contributed by atoms with Gasteiger partial charge in [-0.3, -0.25) is 9.71 Å². The lowest BCUT2D eigenvalue weighted by molar-refractivity contribution is 0.0878. The Morgan fingerprint density at radius 1 is 1.06 bits per heavy atom. The molecular weight excluding hydrogens is 484 g/mol. The van der Waals surface area contributed by atoms with E-state index in [1.165, 1.54) is 29.6 Å². The summed E-state index contributed by atoms with van der Waals surface area (Å²) in [6.07, 6.45) is 4.37. The highest BCUT2D eigenvalue weighted by Gasteiger charge is 2.24. The van der Waals surface area contributed by atoms with E-state index >= 15 is 0 Å². The molecule has 1 saturated heterocycles. The largest absolute Gasteiger partial charge is 0.473 e. The summed E-state index contributed by atoms with van der Waals surface area (Å²) < 4.78 is 34.0. The van der Waals surface area contributed by atoms with Crippen LogP contribution in [0.25, 0.3) is 22.3 Å². The van der Waals surface area contributed by atoms with Crippen molar-refractivity contribution >= 4 is 32.8 Å². The Balaban J connectivity index is 1.40. The van der Waals surface area contributed by atoms with Gasteiger partial charge in [0.05, 0.1) is 28.0 Å². The molecule has 0 radical (unpaired) electrons. The van der Waals surface area contributed by atoms with Crippen LogP contribution >= 0.6 is 0 Å². The standard InChI is InChI=1S/C24H22N6O5S/c31-24(32)30-10-8-18(9-11-30)35-23-22-21(26-15-27-23)7-6-20(28-22)16-12-17(14-25-13-16)29-36(33,34)19-4-2-1-3-5-19/h1-7,12-15,18,29H,8-11H2,(H,31,32). The molecule has 5 rings (SSSR count). The van der Waals surface area contributed by atoms with E-state index in [0.29, 0.717) is 59.8 Å². The first-order chi connectivity index (χ1) is 17.4. The number of sulfonamides is 1. The Labute approximate surface area is 206 Å². The first kappa shape index (κ1) is 23.4. The van der Waals surface area contributed by atoms with E-state index < -0.39 is 16.1 Å². The third kappa shape index (κ3) is 5.03. The number of aromatic nitrogens is 4. The van der Waals surface area contributed by atoms with Crippen LogP contribution in [0, 0.1) is 0 Å². The summed E-state index contributed by atoms with van der Waals surface area (Å²) in [5.74, 6) is 0.310. The van der Waals surface area contributed by atoms with Gasteiger partial charge in [-0.2, -0.15) is 4.98 Å². The number of ether oxygens (including phenoxy) is 1. The zero-order valence-electron chi connectivity index (χ0n) is 19.0. The van der Waals surface area contributed by atoms with Gasteiger partial charge in [0.1, 0.15) is 12.4 Å². The molecule has 12 heteroatoms. The summed E-state index contributed by atoms with van der Waals surface area (Å²) in [6, 6.07) is 13.3. The molecule has 0 bridgehead atoms. The maximum absolute atomic E-state index is 12.7. The maximum Gasteiger partial charge on any atom is 0.407 e.